The Morgan fingerprint density at radius 3 is 2.64 bits per heavy atom. The Balaban J connectivity index is 2.61. The molecule has 76 valence electrons. The van der Waals surface area contributed by atoms with Gasteiger partial charge in [0.25, 0.3) is 0 Å². The van der Waals surface area contributed by atoms with Gasteiger partial charge in [0.1, 0.15) is 5.41 Å². The quantitative estimate of drug-likeness (QED) is 0.218. The number of hydrogen-bond donors (Lipinski definition) is 0. The zero-order valence-corrected chi connectivity index (χ0v) is 7.89. The summed E-state index contributed by atoms with van der Waals surface area (Å²) in [5, 5.41) is 3.14. The number of carbonyl (C=O) groups is 2. The molecule has 0 aromatic carbocycles. The fourth-order valence-corrected chi connectivity index (χ4v) is 1.24. The van der Waals surface area contributed by atoms with E-state index >= 15 is 0 Å². The van der Waals surface area contributed by atoms with Crippen molar-refractivity contribution in [2.24, 2.45) is 10.5 Å². The second kappa shape index (κ2) is 4.11. The first-order chi connectivity index (χ1) is 6.67. The van der Waals surface area contributed by atoms with Crippen LogP contribution in [0, 0.1) is 5.41 Å². The lowest BCUT2D eigenvalue weighted by Gasteiger charge is -2.10. The van der Waals surface area contributed by atoms with Gasteiger partial charge in [0, 0.05) is 4.91 Å². The van der Waals surface area contributed by atoms with E-state index < -0.39 is 11.4 Å². The van der Waals surface area contributed by atoms with Crippen molar-refractivity contribution in [1.82, 2.24) is 0 Å². The van der Waals surface area contributed by atoms with Crippen LogP contribution in [0.4, 0.5) is 0 Å². The summed E-state index contributed by atoms with van der Waals surface area (Å²) in [6.07, 6.45) is 1.01. The van der Waals surface area contributed by atoms with Crippen LogP contribution in [0.2, 0.25) is 0 Å². The lowest BCUT2D eigenvalue weighted by molar-refractivity contribution is -0.153. The number of esters is 1. The summed E-state index contributed by atoms with van der Waals surface area (Å²) in [4.78, 5) is 25.3. The van der Waals surface area contributed by atoms with E-state index in [2.05, 4.69) is 10.0 Å². The Morgan fingerprint density at radius 2 is 2.21 bits per heavy atom. The molecular weight excluding hydrogens is 186 g/mol. The summed E-state index contributed by atoms with van der Waals surface area (Å²) in [5.74, 6) is -0.827. The third kappa shape index (κ3) is 1.85. The molecule has 1 aliphatic carbocycles. The largest absolute Gasteiger partial charge is 0.465 e. The minimum Gasteiger partial charge on any atom is -0.465 e. The molecule has 14 heavy (non-hydrogen) atoms. The SMILES string of the molecule is CCOC(=O)C1(C(=O)CN=[N+]=[N-])CC1. The smallest absolute Gasteiger partial charge is 0.319 e. The van der Waals surface area contributed by atoms with Gasteiger partial charge in [-0.05, 0) is 25.3 Å². The molecule has 0 atom stereocenters. The number of carbonyl (C=O) groups excluding carboxylic acids is 2. The van der Waals surface area contributed by atoms with Crippen LogP contribution in [0.5, 0.6) is 0 Å². The Hall–Kier alpha value is -1.55. The van der Waals surface area contributed by atoms with E-state index in [1.54, 1.807) is 6.92 Å². The van der Waals surface area contributed by atoms with Crippen LogP contribution in [-0.2, 0) is 14.3 Å². The number of ether oxygens (including phenoxy) is 1. The number of nitrogens with zero attached hydrogens (tertiary/aromatic N) is 3. The highest BCUT2D eigenvalue weighted by Gasteiger charge is 2.56. The molecule has 0 spiro atoms. The summed E-state index contributed by atoms with van der Waals surface area (Å²) in [5.41, 5.74) is 7.04. The molecule has 1 rings (SSSR count). The fraction of sp³-hybridized carbons (Fsp3) is 0.750. The molecule has 6 heteroatoms. The van der Waals surface area contributed by atoms with Crippen molar-refractivity contribution in [2.75, 3.05) is 13.2 Å². The van der Waals surface area contributed by atoms with Crippen molar-refractivity contribution in [1.29, 1.82) is 0 Å². The topological polar surface area (TPSA) is 92.1 Å². The van der Waals surface area contributed by atoms with Crippen LogP contribution in [0.1, 0.15) is 19.8 Å². The molecule has 1 saturated carbocycles. The summed E-state index contributed by atoms with van der Waals surface area (Å²) in [6, 6.07) is 0. The van der Waals surface area contributed by atoms with Gasteiger partial charge in [0.15, 0.2) is 5.78 Å². The molecular formula is C8H11N3O3. The van der Waals surface area contributed by atoms with Crippen LogP contribution in [0.25, 0.3) is 10.4 Å². The summed E-state index contributed by atoms with van der Waals surface area (Å²) in [7, 11) is 0. The summed E-state index contributed by atoms with van der Waals surface area (Å²) >= 11 is 0. The molecule has 0 aromatic rings. The normalized spacial score (nSPS) is 16.6. The number of azide groups is 1. The Morgan fingerprint density at radius 1 is 1.57 bits per heavy atom. The zero-order chi connectivity index (χ0) is 10.6. The predicted molar refractivity (Wildman–Crippen MR) is 47.3 cm³/mol. The maximum absolute atomic E-state index is 11.4. The fourth-order valence-electron chi connectivity index (χ4n) is 1.24. The van der Waals surface area contributed by atoms with Crippen LogP contribution in [0.15, 0.2) is 5.11 Å². The molecule has 0 bridgehead atoms. The van der Waals surface area contributed by atoms with Gasteiger partial charge in [-0.2, -0.15) is 0 Å². The number of rotatable bonds is 5. The van der Waals surface area contributed by atoms with E-state index in [0.29, 0.717) is 12.8 Å². The van der Waals surface area contributed by atoms with E-state index in [1.807, 2.05) is 0 Å². The van der Waals surface area contributed by atoms with E-state index in [4.69, 9.17) is 10.3 Å². The Bertz CT molecular complexity index is 303. The molecule has 1 aliphatic rings. The predicted octanol–water partition coefficient (Wildman–Crippen LogP) is 1.21. The lowest BCUT2D eigenvalue weighted by atomic mass is 10.0. The first-order valence-electron chi connectivity index (χ1n) is 4.39. The second-order valence-electron chi connectivity index (χ2n) is 3.11. The van der Waals surface area contributed by atoms with Crippen molar-refractivity contribution >= 4 is 11.8 Å². The van der Waals surface area contributed by atoms with Crippen LogP contribution in [-0.4, -0.2) is 24.9 Å². The molecule has 1 fully saturated rings. The molecule has 6 nitrogen and oxygen atoms in total. The molecule has 0 radical (unpaired) electrons. The number of Topliss-reactive ketones (excluding diaryl/α,β-unsaturated/α-hetero) is 1. The Labute approximate surface area is 80.9 Å². The van der Waals surface area contributed by atoms with Gasteiger partial charge in [0.05, 0.1) is 13.2 Å². The van der Waals surface area contributed by atoms with E-state index in [-0.39, 0.29) is 18.9 Å². The molecule has 0 aromatic heterocycles. The number of ketones is 1. The molecule has 0 saturated heterocycles. The number of hydrogen-bond acceptors (Lipinski definition) is 4. The van der Waals surface area contributed by atoms with Crippen LogP contribution >= 0.6 is 0 Å². The monoisotopic (exact) mass is 197 g/mol. The second-order valence-corrected chi connectivity index (χ2v) is 3.11. The average Bonchev–Trinajstić information content (AvgIpc) is 2.95. The molecule has 0 N–H and O–H groups in total. The highest BCUT2D eigenvalue weighted by molar-refractivity contribution is 6.07. The average molecular weight is 197 g/mol. The van der Waals surface area contributed by atoms with Gasteiger partial charge in [0.2, 0.25) is 0 Å². The van der Waals surface area contributed by atoms with E-state index in [9.17, 15) is 9.59 Å². The molecule has 0 aliphatic heterocycles. The molecule has 0 amide bonds. The minimum absolute atomic E-state index is 0.259. The van der Waals surface area contributed by atoms with Crippen molar-refractivity contribution in [3.05, 3.63) is 10.4 Å². The first-order valence-corrected chi connectivity index (χ1v) is 4.39. The maximum atomic E-state index is 11.4. The standard InChI is InChI=1S/C8H11N3O3/c1-2-14-7(13)8(3-4-8)6(12)5-10-11-9/h2-5H2,1H3. The van der Waals surface area contributed by atoms with Crippen LogP contribution < -0.4 is 0 Å². The highest BCUT2D eigenvalue weighted by atomic mass is 16.5. The summed E-state index contributed by atoms with van der Waals surface area (Å²) in [6.45, 7) is 1.68. The van der Waals surface area contributed by atoms with Gasteiger partial charge < -0.3 is 4.74 Å². The van der Waals surface area contributed by atoms with Crippen molar-refractivity contribution < 1.29 is 14.3 Å². The van der Waals surface area contributed by atoms with Crippen LogP contribution in [0.3, 0.4) is 0 Å². The molecule has 0 unspecified atom stereocenters. The lowest BCUT2D eigenvalue weighted by Crippen LogP contribution is -2.29. The Kier molecular flexibility index (Phi) is 3.09. The van der Waals surface area contributed by atoms with Crippen molar-refractivity contribution in [3.63, 3.8) is 0 Å². The summed E-state index contributed by atoms with van der Waals surface area (Å²) < 4.78 is 4.78. The van der Waals surface area contributed by atoms with Gasteiger partial charge in [-0.3, -0.25) is 9.59 Å². The maximum Gasteiger partial charge on any atom is 0.319 e. The molecule has 0 heterocycles. The van der Waals surface area contributed by atoms with Gasteiger partial charge in [-0.1, -0.05) is 5.11 Å². The highest BCUT2D eigenvalue weighted by Crippen LogP contribution is 2.47. The first kappa shape index (κ1) is 10.5. The third-order valence-corrected chi connectivity index (χ3v) is 2.23. The van der Waals surface area contributed by atoms with Crippen molar-refractivity contribution in [2.45, 2.75) is 19.8 Å². The van der Waals surface area contributed by atoms with Gasteiger partial charge >= 0.3 is 5.97 Å². The van der Waals surface area contributed by atoms with Gasteiger partial charge in [-0.25, -0.2) is 0 Å². The zero-order valence-electron chi connectivity index (χ0n) is 7.89. The third-order valence-electron chi connectivity index (χ3n) is 2.23. The minimum atomic E-state index is -0.996. The van der Waals surface area contributed by atoms with Gasteiger partial charge in [-0.15, -0.1) is 0 Å². The van der Waals surface area contributed by atoms with Crippen molar-refractivity contribution in [3.8, 4) is 0 Å². The van der Waals surface area contributed by atoms with E-state index in [0.717, 1.165) is 0 Å². The van der Waals surface area contributed by atoms with E-state index in [1.165, 1.54) is 0 Å².